The molecule has 152 valence electrons. The van der Waals surface area contributed by atoms with E-state index in [1.807, 2.05) is 34.7 Å². The molecule has 0 aromatic rings. The van der Waals surface area contributed by atoms with Crippen molar-refractivity contribution in [1.82, 2.24) is 15.1 Å². The number of carbonyl (C=O) groups is 1. The van der Waals surface area contributed by atoms with Crippen molar-refractivity contribution in [1.29, 1.82) is 0 Å². The van der Waals surface area contributed by atoms with Gasteiger partial charge in [-0.05, 0) is 46.5 Å². The van der Waals surface area contributed by atoms with Crippen molar-refractivity contribution in [3.8, 4) is 0 Å². The number of likely N-dealkylation sites (tertiary alicyclic amines) is 1. The van der Waals surface area contributed by atoms with Crippen LogP contribution in [0, 0.1) is 5.92 Å². The maximum atomic E-state index is 12.1. The molecule has 0 saturated carbocycles. The minimum Gasteiger partial charge on any atom is -0.444 e. The molecular weight excluding hydrogens is 332 g/mol. The molecule has 0 aromatic carbocycles. The Labute approximate surface area is 159 Å². The van der Waals surface area contributed by atoms with Gasteiger partial charge < -0.3 is 24.6 Å². The van der Waals surface area contributed by atoms with Crippen LogP contribution in [0.3, 0.4) is 0 Å². The second kappa shape index (κ2) is 10.6. The second-order valence-electron chi connectivity index (χ2n) is 8.04. The van der Waals surface area contributed by atoms with Gasteiger partial charge in [0.15, 0.2) is 5.96 Å². The van der Waals surface area contributed by atoms with Crippen molar-refractivity contribution in [3.05, 3.63) is 0 Å². The number of ether oxygens (including phenoxy) is 2. The molecule has 1 unspecified atom stereocenters. The lowest BCUT2D eigenvalue weighted by Crippen LogP contribution is -2.48. The maximum Gasteiger partial charge on any atom is 0.410 e. The van der Waals surface area contributed by atoms with Gasteiger partial charge in [-0.25, -0.2) is 4.79 Å². The van der Waals surface area contributed by atoms with Gasteiger partial charge in [-0.15, -0.1) is 0 Å². The molecule has 1 aliphatic rings. The number of amides is 1. The number of nitrogens with zero attached hydrogens (tertiary/aromatic N) is 3. The van der Waals surface area contributed by atoms with E-state index in [-0.39, 0.29) is 12.0 Å². The molecule has 1 saturated heterocycles. The number of carbonyl (C=O) groups excluding carboxylic acids is 1. The van der Waals surface area contributed by atoms with Crippen LogP contribution < -0.4 is 5.32 Å². The number of nitrogens with one attached hydrogen (secondary N) is 1. The summed E-state index contributed by atoms with van der Waals surface area (Å²) in [6, 6.07) is 0. The molecule has 7 heteroatoms. The van der Waals surface area contributed by atoms with Gasteiger partial charge in [-0.2, -0.15) is 0 Å². The van der Waals surface area contributed by atoms with Gasteiger partial charge in [0.1, 0.15) is 5.60 Å². The first-order valence-electron chi connectivity index (χ1n) is 9.67. The zero-order valence-corrected chi connectivity index (χ0v) is 17.7. The summed E-state index contributed by atoms with van der Waals surface area (Å²) in [6.07, 6.45) is 2.15. The summed E-state index contributed by atoms with van der Waals surface area (Å²) < 4.78 is 11.1. The van der Waals surface area contributed by atoms with Crippen LogP contribution in [0.1, 0.15) is 47.5 Å². The van der Waals surface area contributed by atoms with E-state index in [1.165, 1.54) is 0 Å². The van der Waals surface area contributed by atoms with Crippen molar-refractivity contribution in [2.75, 3.05) is 46.9 Å². The Bertz CT molecular complexity index is 454. The summed E-state index contributed by atoms with van der Waals surface area (Å²) in [5.41, 5.74) is -0.470. The first-order chi connectivity index (χ1) is 12.2. The van der Waals surface area contributed by atoms with Crippen molar-refractivity contribution in [2.24, 2.45) is 10.9 Å². The van der Waals surface area contributed by atoms with Crippen molar-refractivity contribution in [2.45, 2.75) is 59.2 Å². The predicted octanol–water partition coefficient (Wildman–Crippen LogP) is 2.57. The van der Waals surface area contributed by atoms with Crippen LogP contribution in [-0.4, -0.2) is 80.4 Å². The summed E-state index contributed by atoms with van der Waals surface area (Å²) in [5.74, 6) is 1.21. The fraction of sp³-hybridized carbons (Fsp3) is 0.895. The molecule has 1 aliphatic heterocycles. The molecule has 0 radical (unpaired) electrons. The highest BCUT2D eigenvalue weighted by Gasteiger charge is 2.23. The second-order valence-corrected chi connectivity index (χ2v) is 8.04. The lowest BCUT2D eigenvalue weighted by Gasteiger charge is -2.34. The van der Waals surface area contributed by atoms with Gasteiger partial charge >= 0.3 is 6.09 Å². The van der Waals surface area contributed by atoms with Gasteiger partial charge in [0.25, 0.3) is 0 Å². The van der Waals surface area contributed by atoms with Crippen LogP contribution in [-0.2, 0) is 9.47 Å². The standard InChI is InChI=1S/C19H38N4O3/c1-8-25-16-9-11-23(12-10-16)17(20-6)21-13-15(2)14-22(7)18(24)26-19(3,4)5/h15-16H,8-14H2,1-7H3,(H,20,21). The van der Waals surface area contributed by atoms with Crippen LogP contribution in [0.5, 0.6) is 0 Å². The monoisotopic (exact) mass is 370 g/mol. The van der Waals surface area contributed by atoms with E-state index < -0.39 is 5.60 Å². The average molecular weight is 371 g/mol. The molecule has 0 bridgehead atoms. The zero-order chi connectivity index (χ0) is 19.7. The van der Waals surface area contributed by atoms with Gasteiger partial charge in [0.2, 0.25) is 0 Å². The van der Waals surface area contributed by atoms with Crippen LogP contribution >= 0.6 is 0 Å². The van der Waals surface area contributed by atoms with E-state index in [9.17, 15) is 4.79 Å². The van der Waals surface area contributed by atoms with Gasteiger partial charge in [-0.3, -0.25) is 4.99 Å². The number of rotatable bonds is 6. The van der Waals surface area contributed by atoms with E-state index in [0.29, 0.717) is 12.6 Å². The highest BCUT2D eigenvalue weighted by atomic mass is 16.6. The first-order valence-corrected chi connectivity index (χ1v) is 9.67. The summed E-state index contributed by atoms with van der Waals surface area (Å²) in [4.78, 5) is 20.4. The maximum absolute atomic E-state index is 12.1. The van der Waals surface area contributed by atoms with Gasteiger partial charge in [0.05, 0.1) is 6.10 Å². The van der Waals surface area contributed by atoms with Crippen LogP contribution in [0.2, 0.25) is 0 Å². The summed E-state index contributed by atoms with van der Waals surface area (Å²) >= 11 is 0. The topological polar surface area (TPSA) is 66.4 Å². The number of hydrogen-bond donors (Lipinski definition) is 1. The smallest absolute Gasteiger partial charge is 0.410 e. The van der Waals surface area contributed by atoms with E-state index in [2.05, 4.69) is 22.1 Å². The van der Waals surface area contributed by atoms with Crippen LogP contribution in [0.15, 0.2) is 4.99 Å². The third-order valence-corrected chi connectivity index (χ3v) is 4.26. The molecule has 0 aliphatic carbocycles. The van der Waals surface area contributed by atoms with Gasteiger partial charge in [-0.1, -0.05) is 6.92 Å². The number of guanidine groups is 1. The highest BCUT2D eigenvalue weighted by Crippen LogP contribution is 2.14. The molecule has 7 nitrogen and oxygen atoms in total. The molecule has 0 spiro atoms. The van der Waals surface area contributed by atoms with E-state index >= 15 is 0 Å². The van der Waals surface area contributed by atoms with Crippen molar-refractivity contribution >= 4 is 12.1 Å². The Morgan fingerprint density at radius 3 is 2.46 bits per heavy atom. The van der Waals surface area contributed by atoms with E-state index in [4.69, 9.17) is 9.47 Å². The molecule has 1 amide bonds. The predicted molar refractivity (Wildman–Crippen MR) is 106 cm³/mol. The molecule has 0 aromatic heterocycles. The molecule has 1 heterocycles. The Morgan fingerprint density at radius 1 is 1.35 bits per heavy atom. The summed E-state index contributed by atoms with van der Waals surface area (Å²) in [5, 5.41) is 3.43. The third-order valence-electron chi connectivity index (χ3n) is 4.26. The fourth-order valence-electron chi connectivity index (χ4n) is 3.01. The average Bonchev–Trinajstić information content (AvgIpc) is 2.55. The largest absolute Gasteiger partial charge is 0.444 e. The number of hydrogen-bond acceptors (Lipinski definition) is 4. The fourth-order valence-corrected chi connectivity index (χ4v) is 3.01. The lowest BCUT2D eigenvalue weighted by molar-refractivity contribution is 0.0262. The molecule has 26 heavy (non-hydrogen) atoms. The SMILES string of the molecule is CCOC1CCN(C(=NC)NCC(C)CN(C)C(=O)OC(C)(C)C)CC1. The number of piperidine rings is 1. The lowest BCUT2D eigenvalue weighted by atomic mass is 10.1. The zero-order valence-electron chi connectivity index (χ0n) is 17.7. The Morgan fingerprint density at radius 2 is 1.96 bits per heavy atom. The summed E-state index contributed by atoms with van der Waals surface area (Å²) in [6.45, 7) is 13.9. The quantitative estimate of drug-likeness (QED) is 0.575. The minimum atomic E-state index is -0.470. The Kier molecular flexibility index (Phi) is 9.19. The molecule has 1 fully saturated rings. The van der Waals surface area contributed by atoms with E-state index in [0.717, 1.165) is 45.0 Å². The highest BCUT2D eigenvalue weighted by molar-refractivity contribution is 5.80. The molecule has 1 atom stereocenters. The minimum absolute atomic E-state index is 0.283. The molecule has 1 rings (SSSR count). The summed E-state index contributed by atoms with van der Waals surface area (Å²) in [7, 11) is 3.59. The Balaban J connectivity index is 2.38. The van der Waals surface area contributed by atoms with Crippen LogP contribution in [0.25, 0.3) is 0 Å². The third kappa shape index (κ3) is 8.25. The van der Waals surface area contributed by atoms with E-state index in [1.54, 1.807) is 11.9 Å². The van der Waals surface area contributed by atoms with Gasteiger partial charge in [0, 0.05) is 46.9 Å². The van der Waals surface area contributed by atoms with Crippen molar-refractivity contribution < 1.29 is 14.3 Å². The molecule has 1 N–H and O–H groups in total. The number of aliphatic imine (C=N–C) groups is 1. The molecular formula is C19H38N4O3. The van der Waals surface area contributed by atoms with Crippen molar-refractivity contribution in [3.63, 3.8) is 0 Å². The first kappa shape index (κ1) is 22.5. The normalized spacial score (nSPS) is 17.8. The Hall–Kier alpha value is -1.50. The van der Waals surface area contributed by atoms with Crippen LogP contribution in [0.4, 0.5) is 4.79 Å².